The van der Waals surface area contributed by atoms with Crippen LogP contribution in [0.25, 0.3) is 0 Å². The van der Waals surface area contributed by atoms with Crippen LogP contribution in [0.1, 0.15) is 18.4 Å². The Morgan fingerprint density at radius 3 is 3.07 bits per heavy atom. The van der Waals surface area contributed by atoms with Gasteiger partial charge in [-0.15, -0.1) is 0 Å². The standard InChI is InChI=1S/C10H15N3O/c1-8-12-4-3-9(13-8)10(2)7-11-5-6-14-10/h3-4,11H,5-7H2,1-2H3. The van der Waals surface area contributed by atoms with Gasteiger partial charge in [0, 0.05) is 19.3 Å². The molecule has 0 saturated carbocycles. The second-order valence-corrected chi connectivity index (χ2v) is 3.75. The quantitative estimate of drug-likeness (QED) is 0.710. The molecule has 1 saturated heterocycles. The number of hydrogen-bond donors (Lipinski definition) is 1. The minimum absolute atomic E-state index is 0.300. The summed E-state index contributed by atoms with van der Waals surface area (Å²) in [7, 11) is 0. The van der Waals surface area contributed by atoms with Crippen molar-refractivity contribution in [3.63, 3.8) is 0 Å². The third-order valence-electron chi connectivity index (χ3n) is 2.48. The summed E-state index contributed by atoms with van der Waals surface area (Å²) >= 11 is 0. The fraction of sp³-hybridized carbons (Fsp3) is 0.600. The van der Waals surface area contributed by atoms with Crippen LogP contribution in [0.5, 0.6) is 0 Å². The Morgan fingerprint density at radius 2 is 2.43 bits per heavy atom. The molecule has 1 aliphatic heterocycles. The lowest BCUT2D eigenvalue weighted by Gasteiger charge is -2.33. The van der Waals surface area contributed by atoms with Crippen molar-refractivity contribution in [1.29, 1.82) is 0 Å². The van der Waals surface area contributed by atoms with Crippen molar-refractivity contribution in [1.82, 2.24) is 15.3 Å². The first-order chi connectivity index (χ1) is 6.71. The Bertz CT molecular complexity index is 321. The predicted molar refractivity (Wildman–Crippen MR) is 52.9 cm³/mol. The van der Waals surface area contributed by atoms with Gasteiger partial charge in [-0.25, -0.2) is 9.97 Å². The number of morpholine rings is 1. The van der Waals surface area contributed by atoms with Crippen molar-refractivity contribution in [2.24, 2.45) is 0 Å². The Morgan fingerprint density at radius 1 is 1.57 bits per heavy atom. The van der Waals surface area contributed by atoms with E-state index in [9.17, 15) is 0 Å². The van der Waals surface area contributed by atoms with Crippen molar-refractivity contribution in [3.8, 4) is 0 Å². The molecule has 1 atom stereocenters. The lowest BCUT2D eigenvalue weighted by molar-refractivity contribution is -0.0602. The molecule has 1 aliphatic rings. The lowest BCUT2D eigenvalue weighted by atomic mass is 10.0. The predicted octanol–water partition coefficient (Wildman–Crippen LogP) is 0.620. The molecule has 1 aromatic heterocycles. The highest BCUT2D eigenvalue weighted by Gasteiger charge is 2.31. The average molecular weight is 193 g/mol. The van der Waals surface area contributed by atoms with E-state index >= 15 is 0 Å². The van der Waals surface area contributed by atoms with Crippen molar-refractivity contribution >= 4 is 0 Å². The summed E-state index contributed by atoms with van der Waals surface area (Å²) in [6.45, 7) is 6.41. The van der Waals surface area contributed by atoms with Gasteiger partial charge < -0.3 is 10.1 Å². The molecular formula is C10H15N3O. The summed E-state index contributed by atoms with van der Waals surface area (Å²) in [6, 6.07) is 1.92. The third kappa shape index (κ3) is 1.76. The summed E-state index contributed by atoms with van der Waals surface area (Å²) in [5.74, 6) is 0.790. The number of aryl methyl sites for hydroxylation is 1. The van der Waals surface area contributed by atoms with Crippen LogP contribution >= 0.6 is 0 Å². The SMILES string of the molecule is Cc1nccc(C2(C)CNCCO2)n1. The number of nitrogens with zero attached hydrogens (tertiary/aromatic N) is 2. The van der Waals surface area contributed by atoms with Crippen molar-refractivity contribution in [2.45, 2.75) is 19.4 Å². The smallest absolute Gasteiger partial charge is 0.125 e. The second-order valence-electron chi connectivity index (χ2n) is 3.75. The normalized spacial score (nSPS) is 27.6. The van der Waals surface area contributed by atoms with E-state index in [0.29, 0.717) is 0 Å². The van der Waals surface area contributed by atoms with Gasteiger partial charge in [0.05, 0.1) is 12.3 Å². The molecule has 0 spiro atoms. The second kappa shape index (κ2) is 3.63. The molecule has 1 fully saturated rings. The van der Waals surface area contributed by atoms with Crippen molar-refractivity contribution < 1.29 is 4.74 Å². The first-order valence-corrected chi connectivity index (χ1v) is 4.85. The van der Waals surface area contributed by atoms with Gasteiger partial charge in [-0.1, -0.05) is 0 Å². The molecule has 1 N–H and O–H groups in total. The van der Waals surface area contributed by atoms with Gasteiger partial charge in [0.1, 0.15) is 11.4 Å². The molecule has 2 rings (SSSR count). The van der Waals surface area contributed by atoms with E-state index in [1.54, 1.807) is 6.20 Å². The van der Waals surface area contributed by atoms with Gasteiger partial charge in [-0.05, 0) is 19.9 Å². The molecule has 4 nitrogen and oxygen atoms in total. The zero-order valence-electron chi connectivity index (χ0n) is 8.58. The molecular weight excluding hydrogens is 178 g/mol. The highest BCUT2D eigenvalue weighted by molar-refractivity contribution is 5.12. The fourth-order valence-corrected chi connectivity index (χ4v) is 1.64. The van der Waals surface area contributed by atoms with Gasteiger partial charge in [0.15, 0.2) is 0 Å². The van der Waals surface area contributed by atoms with E-state index < -0.39 is 0 Å². The van der Waals surface area contributed by atoms with E-state index in [4.69, 9.17) is 4.74 Å². The molecule has 2 heterocycles. The Labute approximate surface area is 83.7 Å². The van der Waals surface area contributed by atoms with Crippen LogP contribution in [-0.4, -0.2) is 29.7 Å². The summed E-state index contributed by atoms with van der Waals surface area (Å²) < 4.78 is 5.75. The first kappa shape index (κ1) is 9.55. The van der Waals surface area contributed by atoms with Gasteiger partial charge >= 0.3 is 0 Å². The Hall–Kier alpha value is -1.00. The van der Waals surface area contributed by atoms with Gasteiger partial charge in [0.2, 0.25) is 0 Å². The largest absolute Gasteiger partial charge is 0.366 e. The van der Waals surface area contributed by atoms with E-state index in [1.807, 2.05) is 13.0 Å². The summed E-state index contributed by atoms with van der Waals surface area (Å²) in [6.07, 6.45) is 1.78. The van der Waals surface area contributed by atoms with E-state index in [-0.39, 0.29) is 5.60 Å². The van der Waals surface area contributed by atoms with Crippen LogP contribution in [0.15, 0.2) is 12.3 Å². The fourth-order valence-electron chi connectivity index (χ4n) is 1.64. The van der Waals surface area contributed by atoms with Crippen molar-refractivity contribution in [2.75, 3.05) is 19.7 Å². The Kier molecular flexibility index (Phi) is 2.48. The molecule has 0 radical (unpaired) electrons. The van der Waals surface area contributed by atoms with Gasteiger partial charge in [-0.2, -0.15) is 0 Å². The monoisotopic (exact) mass is 193 g/mol. The molecule has 0 aromatic carbocycles. The van der Waals surface area contributed by atoms with Crippen LogP contribution < -0.4 is 5.32 Å². The first-order valence-electron chi connectivity index (χ1n) is 4.85. The number of nitrogens with one attached hydrogen (secondary N) is 1. The van der Waals surface area contributed by atoms with Crippen LogP contribution in [0, 0.1) is 6.92 Å². The van der Waals surface area contributed by atoms with E-state index in [1.165, 1.54) is 0 Å². The molecule has 4 heteroatoms. The maximum absolute atomic E-state index is 5.75. The number of rotatable bonds is 1. The molecule has 76 valence electrons. The molecule has 14 heavy (non-hydrogen) atoms. The van der Waals surface area contributed by atoms with Crippen LogP contribution in [0.2, 0.25) is 0 Å². The molecule has 1 aromatic rings. The van der Waals surface area contributed by atoms with Crippen LogP contribution in [0.3, 0.4) is 0 Å². The van der Waals surface area contributed by atoms with Crippen LogP contribution in [0.4, 0.5) is 0 Å². The molecule has 0 amide bonds. The van der Waals surface area contributed by atoms with E-state index in [2.05, 4.69) is 22.2 Å². The number of hydrogen-bond acceptors (Lipinski definition) is 4. The maximum Gasteiger partial charge on any atom is 0.125 e. The number of ether oxygens (including phenoxy) is 1. The van der Waals surface area contributed by atoms with Gasteiger partial charge in [-0.3, -0.25) is 0 Å². The highest BCUT2D eigenvalue weighted by Crippen LogP contribution is 2.24. The zero-order valence-corrected chi connectivity index (χ0v) is 8.58. The maximum atomic E-state index is 5.75. The topological polar surface area (TPSA) is 47.0 Å². The lowest BCUT2D eigenvalue weighted by Crippen LogP contribution is -2.46. The molecule has 0 bridgehead atoms. The number of aromatic nitrogens is 2. The molecule has 0 aliphatic carbocycles. The minimum Gasteiger partial charge on any atom is -0.366 e. The zero-order chi connectivity index (χ0) is 10.0. The van der Waals surface area contributed by atoms with Crippen molar-refractivity contribution in [3.05, 3.63) is 23.8 Å². The summed E-state index contributed by atoms with van der Waals surface area (Å²) in [5, 5.41) is 3.31. The highest BCUT2D eigenvalue weighted by atomic mass is 16.5. The Balaban J connectivity index is 2.28. The van der Waals surface area contributed by atoms with E-state index in [0.717, 1.165) is 31.2 Å². The minimum atomic E-state index is -0.300. The summed E-state index contributed by atoms with van der Waals surface area (Å²) in [5.41, 5.74) is 0.656. The average Bonchev–Trinajstić information content (AvgIpc) is 2.19. The molecule has 1 unspecified atom stereocenters. The summed E-state index contributed by atoms with van der Waals surface area (Å²) in [4.78, 5) is 8.47. The van der Waals surface area contributed by atoms with Gasteiger partial charge in [0.25, 0.3) is 0 Å². The van der Waals surface area contributed by atoms with Crippen LogP contribution in [-0.2, 0) is 10.3 Å². The third-order valence-corrected chi connectivity index (χ3v) is 2.48.